The number of carboxylic acid groups (broad SMARTS) is 1. The van der Waals surface area contributed by atoms with Crippen LogP contribution in [0, 0.1) is 5.41 Å². The molecule has 0 saturated carbocycles. The average Bonchev–Trinajstić information content (AvgIpc) is 3.10. The summed E-state index contributed by atoms with van der Waals surface area (Å²) in [6.45, 7) is 0.830. The number of hydrogen-bond donors (Lipinski definition) is 2. The van der Waals surface area contributed by atoms with E-state index in [2.05, 4.69) is 10.4 Å². The number of nitrogens with zero attached hydrogens (tertiary/aromatic N) is 2. The second kappa shape index (κ2) is 7.25. The largest absolute Gasteiger partial charge is 0.481 e. The van der Waals surface area contributed by atoms with Crippen LogP contribution in [0.15, 0.2) is 36.7 Å². The summed E-state index contributed by atoms with van der Waals surface area (Å²) in [5, 5.41) is 17.0. The van der Waals surface area contributed by atoms with Gasteiger partial charge in [-0.05, 0) is 31.0 Å². The fourth-order valence-electron chi connectivity index (χ4n) is 2.78. The van der Waals surface area contributed by atoms with Crippen LogP contribution in [0.25, 0.3) is 5.69 Å². The molecule has 0 atom stereocenters. The van der Waals surface area contributed by atoms with Gasteiger partial charge in [0.25, 0.3) is 5.91 Å². The molecular formula is C17H18ClN3O4. The molecular weight excluding hydrogens is 346 g/mol. The number of carboxylic acids is 1. The zero-order chi connectivity index (χ0) is 17.9. The highest BCUT2D eigenvalue weighted by atomic mass is 35.5. The van der Waals surface area contributed by atoms with Gasteiger partial charge in [-0.1, -0.05) is 17.7 Å². The van der Waals surface area contributed by atoms with E-state index in [-0.39, 0.29) is 12.5 Å². The quantitative estimate of drug-likeness (QED) is 0.848. The molecule has 132 valence electrons. The van der Waals surface area contributed by atoms with Crippen molar-refractivity contribution in [2.24, 2.45) is 5.41 Å². The Balaban J connectivity index is 1.68. The molecule has 0 spiro atoms. The van der Waals surface area contributed by atoms with Crippen LogP contribution >= 0.6 is 11.6 Å². The second-order valence-electron chi connectivity index (χ2n) is 6.03. The van der Waals surface area contributed by atoms with Gasteiger partial charge in [-0.15, -0.1) is 0 Å². The number of benzene rings is 1. The van der Waals surface area contributed by atoms with Crippen molar-refractivity contribution in [1.82, 2.24) is 15.1 Å². The zero-order valence-electron chi connectivity index (χ0n) is 13.4. The third kappa shape index (κ3) is 3.83. The number of halogens is 1. The Hall–Kier alpha value is -2.38. The molecule has 1 aliphatic heterocycles. The summed E-state index contributed by atoms with van der Waals surface area (Å²) in [4.78, 5) is 24.0. The number of hydrogen-bond acceptors (Lipinski definition) is 4. The summed E-state index contributed by atoms with van der Waals surface area (Å²) in [6.07, 6.45) is 3.78. The van der Waals surface area contributed by atoms with Gasteiger partial charge in [0.15, 0.2) is 0 Å². The lowest BCUT2D eigenvalue weighted by Crippen LogP contribution is -2.46. The van der Waals surface area contributed by atoms with E-state index in [9.17, 15) is 14.7 Å². The first-order valence-corrected chi connectivity index (χ1v) is 8.28. The van der Waals surface area contributed by atoms with E-state index in [1.54, 1.807) is 29.1 Å². The molecule has 1 fully saturated rings. The Kier molecular flexibility index (Phi) is 5.06. The van der Waals surface area contributed by atoms with Crippen molar-refractivity contribution < 1.29 is 19.4 Å². The van der Waals surface area contributed by atoms with Crippen molar-refractivity contribution in [3.8, 4) is 5.69 Å². The molecule has 1 aromatic carbocycles. The number of ether oxygens (including phenoxy) is 1. The third-order valence-corrected chi connectivity index (χ3v) is 4.64. The SMILES string of the molecule is O=C(NCC1(C(=O)O)CCOCC1)c1cnn(-c2cccc(Cl)c2)c1. The molecule has 3 rings (SSSR count). The van der Waals surface area contributed by atoms with Crippen molar-refractivity contribution in [2.45, 2.75) is 12.8 Å². The Bertz CT molecular complexity index is 784. The van der Waals surface area contributed by atoms with Crippen molar-refractivity contribution in [3.05, 3.63) is 47.2 Å². The average molecular weight is 364 g/mol. The molecule has 2 N–H and O–H groups in total. The summed E-state index contributed by atoms with van der Waals surface area (Å²) in [6, 6.07) is 7.10. The summed E-state index contributed by atoms with van der Waals surface area (Å²) < 4.78 is 6.77. The van der Waals surface area contributed by atoms with Crippen LogP contribution in [-0.2, 0) is 9.53 Å². The first kappa shape index (κ1) is 17.4. The van der Waals surface area contributed by atoms with Gasteiger partial charge in [0.05, 0.1) is 22.9 Å². The first-order chi connectivity index (χ1) is 12.0. The summed E-state index contributed by atoms with van der Waals surface area (Å²) >= 11 is 5.96. The normalized spacial score (nSPS) is 16.4. The number of carbonyl (C=O) groups excluding carboxylic acids is 1. The zero-order valence-corrected chi connectivity index (χ0v) is 14.2. The minimum atomic E-state index is -0.975. The van der Waals surface area contributed by atoms with Gasteiger partial charge >= 0.3 is 5.97 Å². The number of aliphatic carboxylic acids is 1. The summed E-state index contributed by atoms with van der Waals surface area (Å²) in [7, 11) is 0. The van der Waals surface area contributed by atoms with E-state index in [1.165, 1.54) is 6.20 Å². The molecule has 1 aromatic heterocycles. The summed E-state index contributed by atoms with van der Waals surface area (Å²) in [5.74, 6) is -1.27. The van der Waals surface area contributed by atoms with Gasteiger partial charge in [0.1, 0.15) is 0 Å². The Morgan fingerprint density at radius 3 is 2.80 bits per heavy atom. The maximum absolute atomic E-state index is 12.3. The van der Waals surface area contributed by atoms with Gasteiger partial charge in [0, 0.05) is 31.0 Å². The number of amides is 1. The molecule has 1 saturated heterocycles. The fraction of sp³-hybridized carbons (Fsp3) is 0.353. The highest BCUT2D eigenvalue weighted by molar-refractivity contribution is 6.30. The number of carbonyl (C=O) groups is 2. The molecule has 1 amide bonds. The molecule has 8 heteroatoms. The highest BCUT2D eigenvalue weighted by Crippen LogP contribution is 2.30. The van der Waals surface area contributed by atoms with Crippen LogP contribution in [-0.4, -0.2) is 46.5 Å². The fourth-order valence-corrected chi connectivity index (χ4v) is 2.96. The minimum Gasteiger partial charge on any atom is -0.481 e. The van der Waals surface area contributed by atoms with Gasteiger partial charge in [-0.2, -0.15) is 5.10 Å². The lowest BCUT2D eigenvalue weighted by molar-refractivity contribution is -0.154. The van der Waals surface area contributed by atoms with E-state index >= 15 is 0 Å². The third-order valence-electron chi connectivity index (χ3n) is 4.41. The van der Waals surface area contributed by atoms with Crippen LogP contribution in [0.2, 0.25) is 5.02 Å². The van der Waals surface area contributed by atoms with Crippen molar-refractivity contribution >= 4 is 23.5 Å². The van der Waals surface area contributed by atoms with Crippen LogP contribution < -0.4 is 5.32 Å². The lowest BCUT2D eigenvalue weighted by Gasteiger charge is -2.33. The van der Waals surface area contributed by atoms with Crippen LogP contribution in [0.5, 0.6) is 0 Å². The molecule has 0 radical (unpaired) electrons. The lowest BCUT2D eigenvalue weighted by atomic mass is 9.80. The van der Waals surface area contributed by atoms with Gasteiger partial charge in [-0.25, -0.2) is 4.68 Å². The maximum Gasteiger partial charge on any atom is 0.311 e. The predicted molar refractivity (Wildman–Crippen MR) is 91.0 cm³/mol. The van der Waals surface area contributed by atoms with Crippen molar-refractivity contribution in [3.63, 3.8) is 0 Å². The van der Waals surface area contributed by atoms with E-state index < -0.39 is 11.4 Å². The number of nitrogens with one attached hydrogen (secondary N) is 1. The summed E-state index contributed by atoms with van der Waals surface area (Å²) in [5.41, 5.74) is 0.113. The molecule has 0 bridgehead atoms. The Morgan fingerprint density at radius 2 is 2.12 bits per heavy atom. The van der Waals surface area contributed by atoms with Crippen LogP contribution in [0.1, 0.15) is 23.2 Å². The van der Waals surface area contributed by atoms with Gasteiger partial charge in [0.2, 0.25) is 0 Å². The molecule has 2 heterocycles. The molecule has 0 aliphatic carbocycles. The molecule has 7 nitrogen and oxygen atoms in total. The van der Waals surface area contributed by atoms with E-state index in [4.69, 9.17) is 16.3 Å². The second-order valence-corrected chi connectivity index (χ2v) is 6.47. The minimum absolute atomic E-state index is 0.0624. The van der Waals surface area contributed by atoms with Crippen LogP contribution in [0.4, 0.5) is 0 Å². The first-order valence-electron chi connectivity index (χ1n) is 7.90. The van der Waals surface area contributed by atoms with E-state index in [1.807, 2.05) is 6.07 Å². The topological polar surface area (TPSA) is 93.5 Å². The standard InChI is InChI=1S/C17H18ClN3O4/c18-13-2-1-3-14(8-13)21-10-12(9-20-21)15(22)19-11-17(16(23)24)4-6-25-7-5-17/h1-3,8-10H,4-7,11H2,(H,19,22)(H,23,24). The molecule has 0 unspecified atom stereocenters. The van der Waals surface area contributed by atoms with E-state index in [0.29, 0.717) is 36.6 Å². The molecule has 25 heavy (non-hydrogen) atoms. The number of rotatable bonds is 5. The number of aromatic nitrogens is 2. The van der Waals surface area contributed by atoms with Crippen LogP contribution in [0.3, 0.4) is 0 Å². The van der Waals surface area contributed by atoms with Crippen molar-refractivity contribution in [2.75, 3.05) is 19.8 Å². The molecule has 1 aliphatic rings. The monoisotopic (exact) mass is 363 g/mol. The van der Waals surface area contributed by atoms with Crippen molar-refractivity contribution in [1.29, 1.82) is 0 Å². The smallest absolute Gasteiger partial charge is 0.311 e. The Labute approximate surface area is 149 Å². The molecule has 2 aromatic rings. The highest BCUT2D eigenvalue weighted by Gasteiger charge is 2.40. The maximum atomic E-state index is 12.3. The van der Waals surface area contributed by atoms with Gasteiger partial charge < -0.3 is 15.2 Å². The Morgan fingerprint density at radius 1 is 1.36 bits per heavy atom. The van der Waals surface area contributed by atoms with E-state index in [0.717, 1.165) is 5.69 Å². The predicted octanol–water partition coefficient (Wildman–Crippen LogP) is 2.14. The van der Waals surface area contributed by atoms with Gasteiger partial charge in [-0.3, -0.25) is 9.59 Å².